The van der Waals surface area contributed by atoms with E-state index < -0.39 is 10.2 Å². The molecule has 3 aromatic rings. The molecule has 0 bridgehead atoms. The number of pyridine rings is 1. The molecule has 0 unspecified atom stereocenters. The summed E-state index contributed by atoms with van der Waals surface area (Å²) >= 11 is 0. The Morgan fingerprint density at radius 2 is 2.00 bits per heavy atom. The van der Waals surface area contributed by atoms with Gasteiger partial charge >= 0.3 is 0 Å². The highest BCUT2D eigenvalue weighted by atomic mass is 32.2. The first-order valence-electron chi connectivity index (χ1n) is 11.7. The van der Waals surface area contributed by atoms with Gasteiger partial charge in [0.1, 0.15) is 5.65 Å². The van der Waals surface area contributed by atoms with E-state index in [0.717, 1.165) is 18.5 Å². The van der Waals surface area contributed by atoms with Gasteiger partial charge in [0.15, 0.2) is 0 Å². The quantitative estimate of drug-likeness (QED) is 0.370. The monoisotopic (exact) mass is 498 g/mol. The Bertz CT molecular complexity index is 1330. The van der Waals surface area contributed by atoms with Crippen molar-refractivity contribution in [3.8, 4) is 11.3 Å². The third-order valence-corrected chi connectivity index (χ3v) is 6.70. The predicted octanol–water partition coefficient (Wildman–Crippen LogP) is 2.40. The number of amides is 2. The second-order valence-electron chi connectivity index (χ2n) is 8.86. The molecule has 186 valence electrons. The Labute approximate surface area is 204 Å². The minimum atomic E-state index is -3.77. The molecule has 0 radical (unpaired) electrons. The fraction of sp³-hybridized carbons (Fsp3) is 0.375. The van der Waals surface area contributed by atoms with Gasteiger partial charge in [-0.1, -0.05) is 12.1 Å². The summed E-state index contributed by atoms with van der Waals surface area (Å²) in [6.07, 6.45) is 5.50. The van der Waals surface area contributed by atoms with Crippen molar-refractivity contribution >= 4 is 33.4 Å². The number of hydrogen-bond donors (Lipinski definition) is 3. The van der Waals surface area contributed by atoms with Crippen molar-refractivity contribution in [3.05, 3.63) is 54.4 Å². The summed E-state index contributed by atoms with van der Waals surface area (Å²) in [6.45, 7) is 5.33. The smallest absolute Gasteiger partial charge is 0.299 e. The lowest BCUT2D eigenvalue weighted by atomic mass is 10.1. The normalized spacial score (nSPS) is 14.1. The highest BCUT2D eigenvalue weighted by Gasteiger charge is 2.19. The van der Waals surface area contributed by atoms with E-state index in [4.69, 9.17) is 0 Å². The number of benzene rings is 1. The lowest BCUT2D eigenvalue weighted by Crippen LogP contribution is -2.33. The van der Waals surface area contributed by atoms with Crippen LogP contribution in [-0.4, -0.2) is 60.2 Å². The number of anilines is 1. The Hall–Kier alpha value is -3.44. The average Bonchev–Trinajstić information content (AvgIpc) is 3.41. The fourth-order valence-electron chi connectivity index (χ4n) is 3.96. The molecule has 1 fully saturated rings. The number of rotatable bonds is 10. The molecule has 3 heterocycles. The van der Waals surface area contributed by atoms with Crippen molar-refractivity contribution < 1.29 is 18.0 Å². The second-order valence-corrected chi connectivity index (χ2v) is 10.4. The van der Waals surface area contributed by atoms with E-state index in [-0.39, 0.29) is 24.4 Å². The maximum Gasteiger partial charge on any atom is 0.299 e. The highest BCUT2D eigenvalue weighted by Crippen LogP contribution is 2.23. The van der Waals surface area contributed by atoms with Crippen molar-refractivity contribution in [3.63, 3.8) is 0 Å². The van der Waals surface area contributed by atoms with Gasteiger partial charge in [0.25, 0.3) is 16.1 Å². The summed E-state index contributed by atoms with van der Waals surface area (Å²) < 4.78 is 31.8. The van der Waals surface area contributed by atoms with E-state index in [0.29, 0.717) is 42.0 Å². The first kappa shape index (κ1) is 24.7. The Kier molecular flexibility index (Phi) is 7.37. The van der Waals surface area contributed by atoms with Crippen LogP contribution in [-0.2, 0) is 15.0 Å². The summed E-state index contributed by atoms with van der Waals surface area (Å²) in [5.41, 5.74) is 2.98. The van der Waals surface area contributed by atoms with E-state index in [1.165, 1.54) is 0 Å². The van der Waals surface area contributed by atoms with Gasteiger partial charge < -0.3 is 14.6 Å². The van der Waals surface area contributed by atoms with E-state index in [2.05, 4.69) is 19.7 Å². The van der Waals surface area contributed by atoms with Crippen LogP contribution in [0.4, 0.5) is 5.69 Å². The van der Waals surface area contributed by atoms with Gasteiger partial charge in [-0.05, 0) is 51.0 Å². The number of hydrogen-bond acceptors (Lipinski definition) is 5. The molecule has 0 aliphatic carbocycles. The molecule has 1 aromatic carbocycles. The molecule has 1 saturated heterocycles. The van der Waals surface area contributed by atoms with Crippen LogP contribution < -0.4 is 14.8 Å². The van der Waals surface area contributed by atoms with Crippen LogP contribution in [0.1, 0.15) is 43.5 Å². The number of carbonyl (C=O) groups excluding carboxylic acids is 2. The van der Waals surface area contributed by atoms with Crippen molar-refractivity contribution in [1.82, 2.24) is 24.3 Å². The van der Waals surface area contributed by atoms with Crippen LogP contribution in [0.2, 0.25) is 0 Å². The molecule has 1 aliphatic rings. The zero-order valence-electron chi connectivity index (χ0n) is 19.8. The number of carbonyl (C=O) groups is 2. The third kappa shape index (κ3) is 6.37. The lowest BCUT2D eigenvalue weighted by molar-refractivity contribution is -0.127. The Morgan fingerprint density at radius 1 is 1.17 bits per heavy atom. The van der Waals surface area contributed by atoms with Crippen LogP contribution in [0.15, 0.2) is 48.8 Å². The summed E-state index contributed by atoms with van der Waals surface area (Å²) in [5.74, 6) is -0.0297. The van der Waals surface area contributed by atoms with Crippen molar-refractivity contribution in [1.29, 1.82) is 0 Å². The second kappa shape index (κ2) is 10.4. The molecule has 35 heavy (non-hydrogen) atoms. The number of aromatic nitrogens is 2. The van der Waals surface area contributed by atoms with Crippen molar-refractivity contribution in [2.75, 3.05) is 24.4 Å². The predicted molar refractivity (Wildman–Crippen MR) is 134 cm³/mol. The van der Waals surface area contributed by atoms with E-state index in [1.54, 1.807) is 52.0 Å². The van der Waals surface area contributed by atoms with Crippen LogP contribution in [0.25, 0.3) is 16.9 Å². The first-order chi connectivity index (χ1) is 16.7. The summed E-state index contributed by atoms with van der Waals surface area (Å²) in [4.78, 5) is 30.3. The molecular weight excluding hydrogens is 468 g/mol. The SMILES string of the molecule is CC(C)NC(=O)c1ccc2nc(-c3cccc(NS(=O)(=O)NCCCN4CCCC4=O)c3)cn2c1. The van der Waals surface area contributed by atoms with Gasteiger partial charge in [-0.2, -0.15) is 13.1 Å². The van der Waals surface area contributed by atoms with E-state index in [1.807, 2.05) is 19.9 Å². The van der Waals surface area contributed by atoms with Gasteiger partial charge in [0, 0.05) is 50.1 Å². The molecule has 10 nitrogen and oxygen atoms in total. The fourth-order valence-corrected chi connectivity index (χ4v) is 4.88. The maximum atomic E-state index is 12.5. The van der Waals surface area contributed by atoms with Crippen molar-refractivity contribution in [2.24, 2.45) is 0 Å². The highest BCUT2D eigenvalue weighted by molar-refractivity contribution is 7.90. The minimum absolute atomic E-state index is 0.0341. The summed E-state index contributed by atoms with van der Waals surface area (Å²) in [7, 11) is -3.77. The van der Waals surface area contributed by atoms with Gasteiger partial charge in [-0.3, -0.25) is 14.3 Å². The number of fused-ring (bicyclic) bond motifs is 1. The third-order valence-electron chi connectivity index (χ3n) is 5.61. The Balaban J connectivity index is 1.40. The van der Waals surface area contributed by atoms with Crippen LogP contribution in [0.3, 0.4) is 0 Å². The molecule has 2 amide bonds. The molecule has 3 N–H and O–H groups in total. The van der Waals surface area contributed by atoms with Crippen molar-refractivity contribution in [2.45, 2.75) is 39.2 Å². The lowest BCUT2D eigenvalue weighted by Gasteiger charge is -2.15. The molecule has 0 saturated carbocycles. The molecular formula is C24H30N6O4S. The maximum absolute atomic E-state index is 12.5. The number of likely N-dealkylation sites (tertiary alicyclic amines) is 1. The molecule has 4 rings (SSSR count). The number of nitrogens with one attached hydrogen (secondary N) is 3. The van der Waals surface area contributed by atoms with Crippen LogP contribution in [0, 0.1) is 0 Å². The van der Waals surface area contributed by atoms with Gasteiger partial charge in [-0.15, -0.1) is 0 Å². The largest absolute Gasteiger partial charge is 0.350 e. The molecule has 2 aromatic heterocycles. The summed E-state index contributed by atoms with van der Waals surface area (Å²) in [5, 5.41) is 2.86. The molecule has 0 atom stereocenters. The molecule has 1 aliphatic heterocycles. The first-order valence-corrected chi connectivity index (χ1v) is 13.1. The van der Waals surface area contributed by atoms with Crippen LogP contribution in [0.5, 0.6) is 0 Å². The van der Waals surface area contributed by atoms with E-state index in [9.17, 15) is 18.0 Å². The van der Waals surface area contributed by atoms with E-state index >= 15 is 0 Å². The topological polar surface area (TPSA) is 125 Å². The minimum Gasteiger partial charge on any atom is -0.350 e. The average molecular weight is 499 g/mol. The number of nitrogens with zero attached hydrogens (tertiary/aromatic N) is 3. The molecule has 11 heteroatoms. The van der Waals surface area contributed by atoms with Gasteiger partial charge in [0.2, 0.25) is 5.91 Å². The zero-order chi connectivity index (χ0) is 25.0. The van der Waals surface area contributed by atoms with Crippen LogP contribution >= 0.6 is 0 Å². The molecule has 0 spiro atoms. The Morgan fingerprint density at radius 3 is 2.74 bits per heavy atom. The standard InChI is InChI=1S/C24H30N6O4S/c1-17(2)26-24(32)19-9-10-22-27-21(16-30(22)15-19)18-6-3-7-20(14-18)28-35(33,34)25-11-5-13-29-12-4-8-23(29)31/h3,6-7,9-10,14-17,25,28H,4-5,8,11-13H2,1-2H3,(H,26,32). The summed E-state index contributed by atoms with van der Waals surface area (Å²) in [6, 6.07) is 10.5. The number of imidazole rings is 1. The zero-order valence-corrected chi connectivity index (χ0v) is 20.6. The van der Waals surface area contributed by atoms with Gasteiger partial charge in [0.05, 0.1) is 16.9 Å². The van der Waals surface area contributed by atoms with Gasteiger partial charge in [-0.25, -0.2) is 4.98 Å².